The van der Waals surface area contributed by atoms with E-state index in [9.17, 15) is 0 Å². The van der Waals surface area contributed by atoms with Gasteiger partial charge in [0.1, 0.15) is 0 Å². The standard InChI is InChI=1S/C12H19BrN4S/c13-8-12(6-2-1-3-7-12)9-18-11-14-15-16-17(11)10-4-5-10/h10H,1-9H2. The first-order valence-corrected chi connectivity index (χ1v) is 8.90. The maximum Gasteiger partial charge on any atom is 0.209 e. The SMILES string of the molecule is BrCC1(CSc2nnnn2C2CC2)CCCCC1. The zero-order chi connectivity index (χ0) is 12.4. The molecule has 1 aromatic rings. The molecular formula is C12H19BrN4S. The summed E-state index contributed by atoms with van der Waals surface area (Å²) in [6.07, 6.45) is 9.32. The van der Waals surface area contributed by atoms with Gasteiger partial charge in [0.05, 0.1) is 6.04 Å². The van der Waals surface area contributed by atoms with Crippen LogP contribution in [0.3, 0.4) is 0 Å². The Bertz CT molecular complexity index is 399. The molecule has 3 rings (SSSR count). The Morgan fingerprint density at radius 3 is 2.72 bits per heavy atom. The minimum absolute atomic E-state index is 0.462. The molecule has 2 fully saturated rings. The summed E-state index contributed by atoms with van der Waals surface area (Å²) in [5, 5.41) is 14.2. The first kappa shape index (κ1) is 12.9. The summed E-state index contributed by atoms with van der Waals surface area (Å²) < 4.78 is 2.02. The van der Waals surface area contributed by atoms with Crippen molar-refractivity contribution in [2.75, 3.05) is 11.1 Å². The highest BCUT2D eigenvalue weighted by Crippen LogP contribution is 2.43. The van der Waals surface area contributed by atoms with Gasteiger partial charge in [-0.15, -0.1) is 5.10 Å². The van der Waals surface area contributed by atoms with Crippen molar-refractivity contribution < 1.29 is 0 Å². The van der Waals surface area contributed by atoms with Gasteiger partial charge in [-0.05, 0) is 41.5 Å². The average Bonchev–Trinajstić information content (AvgIpc) is 3.16. The number of alkyl halides is 1. The van der Waals surface area contributed by atoms with E-state index < -0.39 is 0 Å². The molecule has 0 spiro atoms. The monoisotopic (exact) mass is 330 g/mol. The van der Waals surface area contributed by atoms with Crippen molar-refractivity contribution in [3.05, 3.63) is 0 Å². The van der Waals surface area contributed by atoms with E-state index in [1.54, 1.807) is 0 Å². The number of tetrazole rings is 1. The highest BCUT2D eigenvalue weighted by Gasteiger charge is 2.33. The molecule has 2 aliphatic rings. The van der Waals surface area contributed by atoms with E-state index in [1.807, 2.05) is 16.4 Å². The summed E-state index contributed by atoms with van der Waals surface area (Å²) in [7, 11) is 0. The first-order chi connectivity index (χ1) is 8.83. The van der Waals surface area contributed by atoms with Gasteiger partial charge < -0.3 is 0 Å². The van der Waals surface area contributed by atoms with Crippen LogP contribution in [0.15, 0.2) is 5.16 Å². The Balaban J connectivity index is 1.63. The third-order valence-corrected chi connectivity index (χ3v) is 6.53. The van der Waals surface area contributed by atoms with Gasteiger partial charge >= 0.3 is 0 Å². The van der Waals surface area contributed by atoms with E-state index in [1.165, 1.54) is 44.9 Å². The summed E-state index contributed by atoms with van der Waals surface area (Å²) in [6.45, 7) is 0. The van der Waals surface area contributed by atoms with E-state index in [0.29, 0.717) is 11.5 Å². The second kappa shape index (κ2) is 5.49. The van der Waals surface area contributed by atoms with E-state index in [2.05, 4.69) is 31.5 Å². The Kier molecular flexibility index (Phi) is 3.94. The van der Waals surface area contributed by atoms with Crippen LogP contribution in [0, 0.1) is 5.41 Å². The topological polar surface area (TPSA) is 43.6 Å². The third kappa shape index (κ3) is 2.74. The van der Waals surface area contributed by atoms with Gasteiger partial charge in [0.15, 0.2) is 0 Å². The van der Waals surface area contributed by atoms with Crippen molar-refractivity contribution in [2.45, 2.75) is 56.1 Å². The van der Waals surface area contributed by atoms with Crippen LogP contribution in [0.4, 0.5) is 0 Å². The number of rotatable bonds is 5. The zero-order valence-electron chi connectivity index (χ0n) is 10.5. The molecular weight excluding hydrogens is 312 g/mol. The van der Waals surface area contributed by atoms with Crippen LogP contribution in [0.5, 0.6) is 0 Å². The van der Waals surface area contributed by atoms with Crippen molar-refractivity contribution in [3.63, 3.8) is 0 Å². The Hall–Kier alpha value is -0.100. The summed E-state index contributed by atoms with van der Waals surface area (Å²) in [4.78, 5) is 0. The second-order valence-corrected chi connectivity index (χ2v) is 7.12. The van der Waals surface area contributed by atoms with E-state index >= 15 is 0 Å². The number of hydrogen-bond donors (Lipinski definition) is 0. The number of nitrogens with zero attached hydrogens (tertiary/aromatic N) is 4. The number of halogens is 1. The van der Waals surface area contributed by atoms with Crippen molar-refractivity contribution in [3.8, 4) is 0 Å². The molecule has 0 N–H and O–H groups in total. The molecule has 0 bridgehead atoms. The number of aromatic nitrogens is 4. The fourth-order valence-corrected chi connectivity index (χ4v) is 4.92. The minimum Gasteiger partial charge on any atom is -0.217 e. The van der Waals surface area contributed by atoms with Gasteiger partial charge in [-0.25, -0.2) is 4.68 Å². The van der Waals surface area contributed by atoms with Crippen LogP contribution < -0.4 is 0 Å². The fourth-order valence-electron chi connectivity index (χ4n) is 2.66. The van der Waals surface area contributed by atoms with Crippen LogP contribution in [0.1, 0.15) is 51.0 Å². The molecule has 4 nitrogen and oxygen atoms in total. The molecule has 2 saturated carbocycles. The summed E-state index contributed by atoms with van der Waals surface area (Å²) in [6, 6.07) is 0.578. The molecule has 0 saturated heterocycles. The second-order valence-electron chi connectivity index (χ2n) is 5.62. The van der Waals surface area contributed by atoms with E-state index in [-0.39, 0.29) is 0 Å². The third-order valence-electron chi connectivity index (χ3n) is 4.06. The molecule has 0 amide bonds. The largest absolute Gasteiger partial charge is 0.217 e. The van der Waals surface area contributed by atoms with E-state index in [0.717, 1.165) is 16.2 Å². The van der Waals surface area contributed by atoms with Crippen LogP contribution in [-0.4, -0.2) is 31.3 Å². The lowest BCUT2D eigenvalue weighted by Crippen LogP contribution is -2.28. The molecule has 0 unspecified atom stereocenters. The van der Waals surface area contributed by atoms with Gasteiger partial charge in [0.25, 0.3) is 0 Å². The predicted molar refractivity (Wildman–Crippen MR) is 76.1 cm³/mol. The molecule has 1 aromatic heterocycles. The maximum atomic E-state index is 4.18. The van der Waals surface area contributed by atoms with E-state index in [4.69, 9.17) is 0 Å². The highest BCUT2D eigenvalue weighted by molar-refractivity contribution is 9.09. The lowest BCUT2D eigenvalue weighted by molar-refractivity contribution is 0.260. The molecule has 18 heavy (non-hydrogen) atoms. The molecule has 1 heterocycles. The van der Waals surface area contributed by atoms with Gasteiger partial charge in [0, 0.05) is 11.1 Å². The molecule has 0 aliphatic heterocycles. The summed E-state index contributed by atoms with van der Waals surface area (Å²) in [5.74, 6) is 1.14. The molecule has 2 aliphatic carbocycles. The fraction of sp³-hybridized carbons (Fsp3) is 0.917. The van der Waals surface area contributed by atoms with Gasteiger partial charge in [0.2, 0.25) is 5.16 Å². The smallest absolute Gasteiger partial charge is 0.209 e. The van der Waals surface area contributed by atoms with Crippen molar-refractivity contribution in [1.29, 1.82) is 0 Å². The quantitative estimate of drug-likeness (QED) is 0.612. The predicted octanol–water partition coefficient (Wildman–Crippen LogP) is 3.45. The summed E-state index contributed by atoms with van der Waals surface area (Å²) in [5.41, 5.74) is 0.462. The van der Waals surface area contributed by atoms with Crippen LogP contribution >= 0.6 is 27.7 Å². The van der Waals surface area contributed by atoms with Gasteiger partial charge in [-0.2, -0.15) is 0 Å². The molecule has 100 valence electrons. The molecule has 6 heteroatoms. The van der Waals surface area contributed by atoms with Crippen molar-refractivity contribution >= 4 is 27.7 Å². The average molecular weight is 331 g/mol. The molecule has 0 atom stereocenters. The van der Waals surface area contributed by atoms with Gasteiger partial charge in [-0.3, -0.25) is 0 Å². The Morgan fingerprint density at radius 1 is 1.28 bits per heavy atom. The number of thioether (sulfide) groups is 1. The molecule has 0 aromatic carbocycles. The highest BCUT2D eigenvalue weighted by atomic mass is 79.9. The zero-order valence-corrected chi connectivity index (χ0v) is 12.9. The lowest BCUT2D eigenvalue weighted by Gasteiger charge is -2.35. The Morgan fingerprint density at radius 2 is 2.06 bits per heavy atom. The molecule has 0 radical (unpaired) electrons. The lowest BCUT2D eigenvalue weighted by atomic mass is 9.77. The van der Waals surface area contributed by atoms with Crippen LogP contribution in [0.2, 0.25) is 0 Å². The van der Waals surface area contributed by atoms with Crippen LogP contribution in [0.25, 0.3) is 0 Å². The van der Waals surface area contributed by atoms with Crippen LogP contribution in [-0.2, 0) is 0 Å². The minimum atomic E-state index is 0.462. The normalized spacial score (nSPS) is 23.2. The maximum absolute atomic E-state index is 4.18. The van der Waals surface area contributed by atoms with Crippen molar-refractivity contribution in [2.24, 2.45) is 5.41 Å². The van der Waals surface area contributed by atoms with Crippen molar-refractivity contribution in [1.82, 2.24) is 20.2 Å². The number of hydrogen-bond acceptors (Lipinski definition) is 4. The Labute approximate surface area is 120 Å². The first-order valence-electron chi connectivity index (χ1n) is 6.80. The van der Waals surface area contributed by atoms with Gasteiger partial charge in [-0.1, -0.05) is 47.0 Å². The summed E-state index contributed by atoms with van der Waals surface area (Å²) >= 11 is 5.57.